The van der Waals surface area contributed by atoms with Crippen LogP contribution in [0.3, 0.4) is 0 Å². The van der Waals surface area contributed by atoms with Crippen LogP contribution in [0.15, 0.2) is 52.2 Å². The lowest BCUT2D eigenvalue weighted by molar-refractivity contribution is -0.113. The van der Waals surface area contributed by atoms with Crippen molar-refractivity contribution in [2.45, 2.75) is 29.9 Å². The van der Waals surface area contributed by atoms with Crippen molar-refractivity contribution in [1.29, 1.82) is 0 Å². The summed E-state index contributed by atoms with van der Waals surface area (Å²) < 4.78 is 21.8. The number of fused-ring (bicyclic) bond motifs is 1. The first-order valence-electron chi connectivity index (χ1n) is 11.6. The molecule has 1 aromatic heterocycles. The molecule has 10 heteroatoms. The lowest BCUT2D eigenvalue weighted by Gasteiger charge is -2.20. The highest BCUT2D eigenvalue weighted by atomic mass is 32.2. The highest BCUT2D eigenvalue weighted by molar-refractivity contribution is 8.00. The first-order valence-corrected chi connectivity index (χ1v) is 12.5. The average Bonchev–Trinajstić information content (AvgIpc) is 3.42. The van der Waals surface area contributed by atoms with E-state index in [1.54, 1.807) is 27.7 Å². The fourth-order valence-electron chi connectivity index (χ4n) is 5.13. The van der Waals surface area contributed by atoms with Crippen molar-refractivity contribution in [3.63, 3.8) is 0 Å². The third kappa shape index (κ3) is 3.96. The highest BCUT2D eigenvalue weighted by Crippen LogP contribution is 2.37. The third-order valence-electron chi connectivity index (χ3n) is 6.77. The van der Waals surface area contributed by atoms with E-state index in [2.05, 4.69) is 10.6 Å². The Balaban J connectivity index is 1.06. The molecule has 3 aliphatic heterocycles. The molecule has 0 spiro atoms. The van der Waals surface area contributed by atoms with E-state index in [0.717, 1.165) is 10.3 Å². The summed E-state index contributed by atoms with van der Waals surface area (Å²) in [5.41, 5.74) is 2.58. The summed E-state index contributed by atoms with van der Waals surface area (Å²) in [6.07, 6.45) is -0.0963. The molecule has 3 aliphatic rings. The normalized spacial score (nSPS) is 20.8. The first-order chi connectivity index (χ1) is 17.0. The van der Waals surface area contributed by atoms with E-state index in [9.17, 15) is 18.8 Å². The summed E-state index contributed by atoms with van der Waals surface area (Å²) >= 11 is 1.47. The standard InChI is InChI=1S/C25H23FN4O4S/c26-18-4-1-14-2-6-22(32)30-11-15(23(18)24(14)30)7-8-27-10-17-12-29(25(33)34-17)16-3-5-20-19(9-16)28-21(31)13-35-20/h1-6,9,15,17,27H,7-8,10-13H2,(H,28,31)/t15?,17-/m0/s1. The van der Waals surface area contributed by atoms with Crippen LogP contribution in [0.25, 0.3) is 10.9 Å². The summed E-state index contributed by atoms with van der Waals surface area (Å²) in [4.78, 5) is 39.0. The number of anilines is 2. The number of benzene rings is 2. The maximum Gasteiger partial charge on any atom is 0.414 e. The molecule has 4 heterocycles. The molecule has 2 atom stereocenters. The molecule has 0 radical (unpaired) electrons. The number of halogens is 1. The Labute approximate surface area is 204 Å². The second-order valence-corrected chi connectivity index (χ2v) is 10.0. The van der Waals surface area contributed by atoms with E-state index in [4.69, 9.17) is 4.74 Å². The Bertz CT molecular complexity index is 1420. The fourth-order valence-corrected chi connectivity index (χ4v) is 5.92. The molecule has 1 unspecified atom stereocenters. The molecule has 35 heavy (non-hydrogen) atoms. The Hall–Kier alpha value is -3.37. The van der Waals surface area contributed by atoms with Crippen LogP contribution in [0.4, 0.5) is 20.6 Å². The van der Waals surface area contributed by atoms with Crippen molar-refractivity contribution < 1.29 is 18.7 Å². The van der Waals surface area contributed by atoms with E-state index < -0.39 is 6.09 Å². The lowest BCUT2D eigenvalue weighted by Crippen LogP contribution is -2.32. The molecule has 2 N–H and O–H groups in total. The number of nitrogens with zero attached hydrogens (tertiary/aromatic N) is 2. The second kappa shape index (κ2) is 8.69. The molecule has 1 saturated heterocycles. The minimum Gasteiger partial charge on any atom is -0.443 e. The molecule has 180 valence electrons. The van der Waals surface area contributed by atoms with Crippen molar-refractivity contribution in [3.8, 4) is 0 Å². The minimum absolute atomic E-state index is 0.0583. The largest absolute Gasteiger partial charge is 0.443 e. The minimum atomic E-state index is -0.425. The SMILES string of the molecule is O=C1CSc2ccc(N3C[C@H](CNCCC4Cn5c(=O)ccc6ccc(F)c4c65)OC3=O)cc2N1. The molecule has 1 fully saturated rings. The van der Waals surface area contributed by atoms with Crippen LogP contribution in [0.1, 0.15) is 17.9 Å². The maximum atomic E-state index is 14.6. The van der Waals surface area contributed by atoms with Gasteiger partial charge in [0, 0.05) is 41.2 Å². The van der Waals surface area contributed by atoms with E-state index >= 15 is 0 Å². The quantitative estimate of drug-likeness (QED) is 0.511. The summed E-state index contributed by atoms with van der Waals surface area (Å²) in [5, 5.41) is 7.03. The van der Waals surface area contributed by atoms with Gasteiger partial charge in [-0.1, -0.05) is 0 Å². The number of cyclic esters (lactones) is 1. The van der Waals surface area contributed by atoms with Crippen molar-refractivity contribution in [1.82, 2.24) is 9.88 Å². The van der Waals surface area contributed by atoms with Gasteiger partial charge in [0.2, 0.25) is 5.91 Å². The van der Waals surface area contributed by atoms with Crippen molar-refractivity contribution in [3.05, 3.63) is 64.2 Å². The Kier molecular flexibility index (Phi) is 5.49. The number of carbonyl (C=O) groups is 2. The summed E-state index contributed by atoms with van der Waals surface area (Å²) in [6.45, 7) is 1.92. The number of hydrogen-bond donors (Lipinski definition) is 2. The Morgan fingerprint density at radius 1 is 1.11 bits per heavy atom. The van der Waals surface area contributed by atoms with Gasteiger partial charge in [-0.05, 0) is 54.8 Å². The van der Waals surface area contributed by atoms with Crippen LogP contribution in [0, 0.1) is 5.82 Å². The van der Waals surface area contributed by atoms with Gasteiger partial charge in [-0.2, -0.15) is 0 Å². The molecular weight excluding hydrogens is 471 g/mol. The topological polar surface area (TPSA) is 92.7 Å². The van der Waals surface area contributed by atoms with Crippen molar-refractivity contribution in [2.24, 2.45) is 0 Å². The number of aromatic nitrogens is 1. The molecule has 3 aromatic rings. The average molecular weight is 495 g/mol. The van der Waals surface area contributed by atoms with Gasteiger partial charge in [-0.25, -0.2) is 9.18 Å². The summed E-state index contributed by atoms with van der Waals surface area (Å²) in [6, 6.07) is 12.0. The number of ether oxygens (including phenoxy) is 1. The van der Waals surface area contributed by atoms with Crippen LogP contribution in [0.2, 0.25) is 0 Å². The number of hydrogen-bond acceptors (Lipinski definition) is 6. The van der Waals surface area contributed by atoms with Crippen LogP contribution < -0.4 is 21.1 Å². The number of carbonyl (C=O) groups excluding carboxylic acids is 2. The Morgan fingerprint density at radius 2 is 1.97 bits per heavy atom. The highest BCUT2D eigenvalue weighted by Gasteiger charge is 2.33. The van der Waals surface area contributed by atoms with E-state index in [0.29, 0.717) is 60.8 Å². The van der Waals surface area contributed by atoms with Crippen LogP contribution >= 0.6 is 11.8 Å². The number of rotatable bonds is 6. The van der Waals surface area contributed by atoms with Gasteiger partial charge in [0.1, 0.15) is 11.9 Å². The van der Waals surface area contributed by atoms with Gasteiger partial charge in [0.25, 0.3) is 5.56 Å². The summed E-state index contributed by atoms with van der Waals surface area (Å²) in [7, 11) is 0. The molecule has 0 aliphatic carbocycles. The van der Waals surface area contributed by atoms with Crippen LogP contribution in [0.5, 0.6) is 0 Å². The van der Waals surface area contributed by atoms with Gasteiger partial charge in [-0.3, -0.25) is 14.5 Å². The van der Waals surface area contributed by atoms with E-state index in [-0.39, 0.29) is 29.3 Å². The predicted molar refractivity (Wildman–Crippen MR) is 132 cm³/mol. The predicted octanol–water partition coefficient (Wildman–Crippen LogP) is 3.29. The smallest absolute Gasteiger partial charge is 0.414 e. The van der Waals surface area contributed by atoms with Gasteiger partial charge in [0.15, 0.2) is 0 Å². The fraction of sp³-hybridized carbons (Fsp3) is 0.320. The molecular formula is C25H23FN4O4S. The van der Waals surface area contributed by atoms with Gasteiger partial charge < -0.3 is 19.9 Å². The van der Waals surface area contributed by atoms with Crippen LogP contribution in [-0.4, -0.2) is 48.1 Å². The molecule has 2 amide bonds. The van der Waals surface area contributed by atoms with Gasteiger partial charge in [-0.15, -0.1) is 11.8 Å². The molecule has 2 aromatic carbocycles. The van der Waals surface area contributed by atoms with Gasteiger partial charge >= 0.3 is 6.09 Å². The lowest BCUT2D eigenvalue weighted by atomic mass is 9.96. The number of pyridine rings is 1. The van der Waals surface area contributed by atoms with Gasteiger partial charge in [0.05, 0.1) is 23.5 Å². The van der Waals surface area contributed by atoms with Crippen LogP contribution in [-0.2, 0) is 16.1 Å². The number of amides is 2. The molecule has 6 rings (SSSR count). The molecule has 0 bridgehead atoms. The molecule has 0 saturated carbocycles. The monoisotopic (exact) mass is 494 g/mol. The van der Waals surface area contributed by atoms with E-state index in [1.165, 1.54) is 23.9 Å². The number of nitrogens with one attached hydrogen (secondary N) is 2. The zero-order valence-corrected chi connectivity index (χ0v) is 19.6. The zero-order valence-electron chi connectivity index (χ0n) is 18.8. The van der Waals surface area contributed by atoms with Crippen molar-refractivity contribution in [2.75, 3.05) is 35.6 Å². The number of thioether (sulfide) groups is 1. The van der Waals surface area contributed by atoms with Crippen molar-refractivity contribution >= 4 is 46.0 Å². The second-order valence-electron chi connectivity index (χ2n) is 9.00. The zero-order chi connectivity index (χ0) is 24.1. The van der Waals surface area contributed by atoms with E-state index in [1.807, 2.05) is 12.1 Å². The third-order valence-corrected chi connectivity index (χ3v) is 7.84. The molecule has 8 nitrogen and oxygen atoms in total. The maximum absolute atomic E-state index is 14.6. The summed E-state index contributed by atoms with van der Waals surface area (Å²) in [5.74, 6) is -0.0407. The first kappa shape index (κ1) is 22.1. The Morgan fingerprint density at radius 3 is 2.86 bits per heavy atom.